The number of aryl methyl sites for hydroxylation is 1. The molecule has 0 bridgehead atoms. The van der Waals surface area contributed by atoms with Crippen molar-refractivity contribution in [2.75, 3.05) is 20.1 Å². The summed E-state index contributed by atoms with van der Waals surface area (Å²) in [6, 6.07) is 4.50. The Morgan fingerprint density at radius 3 is 2.93 bits per heavy atom. The molecule has 6 rings (SSSR count). The molecule has 1 unspecified atom stereocenters. The summed E-state index contributed by atoms with van der Waals surface area (Å²) >= 11 is 0. The van der Waals surface area contributed by atoms with Crippen molar-refractivity contribution in [3.05, 3.63) is 35.8 Å². The minimum Gasteiger partial charge on any atom is -0.345 e. The Bertz CT molecular complexity index is 1110. The van der Waals surface area contributed by atoms with Gasteiger partial charge in [0.05, 0.1) is 11.3 Å². The van der Waals surface area contributed by atoms with E-state index in [0.717, 1.165) is 40.9 Å². The van der Waals surface area contributed by atoms with Crippen LogP contribution in [0.1, 0.15) is 36.9 Å². The zero-order valence-electron chi connectivity index (χ0n) is 15.6. The summed E-state index contributed by atoms with van der Waals surface area (Å²) in [7, 11) is 2.22. The summed E-state index contributed by atoms with van der Waals surface area (Å²) in [6.45, 7) is 3.36. The first kappa shape index (κ1) is 15.5. The predicted molar refractivity (Wildman–Crippen MR) is 105 cm³/mol. The minimum atomic E-state index is 0.298. The standard InChI is InChI=1S/C22H23N5/c1-26-8-6-22(14-26)7-9-27-20(22)11-19(25-27)17-10-18-16(5-4-15-2-3-15)12-23-21(18)24-13-17/h10-13,15H,2-3,6-9,14H2,1H3,(H,23,24). The number of rotatable bonds is 1. The third kappa shape index (κ3) is 2.44. The molecular weight excluding hydrogens is 334 g/mol. The van der Waals surface area contributed by atoms with E-state index < -0.39 is 0 Å². The number of aromatic nitrogens is 4. The van der Waals surface area contributed by atoms with Gasteiger partial charge in [-0.3, -0.25) is 4.68 Å². The molecule has 3 aromatic rings. The van der Waals surface area contributed by atoms with Gasteiger partial charge >= 0.3 is 0 Å². The number of hydrogen-bond donors (Lipinski definition) is 1. The van der Waals surface area contributed by atoms with Crippen LogP contribution in [-0.2, 0) is 12.0 Å². The van der Waals surface area contributed by atoms with Crippen LogP contribution in [0, 0.1) is 17.8 Å². The van der Waals surface area contributed by atoms with Crippen LogP contribution in [0.2, 0.25) is 0 Å². The summed E-state index contributed by atoms with van der Waals surface area (Å²) in [6.07, 6.45) is 8.86. The van der Waals surface area contributed by atoms with Crippen LogP contribution in [0.3, 0.4) is 0 Å². The first-order valence-electron chi connectivity index (χ1n) is 9.96. The second-order valence-corrected chi connectivity index (χ2v) is 8.52. The van der Waals surface area contributed by atoms with Crippen molar-refractivity contribution in [1.29, 1.82) is 0 Å². The Kier molecular flexibility index (Phi) is 3.13. The van der Waals surface area contributed by atoms with Gasteiger partial charge in [0, 0.05) is 53.5 Å². The maximum absolute atomic E-state index is 4.92. The molecule has 0 amide bonds. The lowest BCUT2D eigenvalue weighted by Gasteiger charge is -2.21. The number of aromatic amines is 1. The molecule has 1 aliphatic carbocycles. The molecule has 1 atom stereocenters. The maximum Gasteiger partial charge on any atom is 0.138 e. The molecule has 1 N–H and O–H groups in total. The van der Waals surface area contributed by atoms with E-state index in [1.807, 2.05) is 12.4 Å². The third-order valence-corrected chi connectivity index (χ3v) is 6.49. The van der Waals surface area contributed by atoms with Gasteiger partial charge < -0.3 is 9.88 Å². The summed E-state index contributed by atoms with van der Waals surface area (Å²) in [5.74, 6) is 7.30. The lowest BCUT2D eigenvalue weighted by molar-refractivity contribution is 0.366. The average molecular weight is 357 g/mol. The van der Waals surface area contributed by atoms with E-state index in [0.29, 0.717) is 11.3 Å². The van der Waals surface area contributed by atoms with Gasteiger partial charge in [0.15, 0.2) is 0 Å². The van der Waals surface area contributed by atoms with Crippen molar-refractivity contribution in [3.8, 4) is 23.1 Å². The molecule has 1 spiro atoms. The molecule has 3 aliphatic rings. The Labute approximate surface area is 158 Å². The van der Waals surface area contributed by atoms with E-state index in [2.05, 4.69) is 50.6 Å². The van der Waals surface area contributed by atoms with Crippen molar-refractivity contribution >= 4 is 11.0 Å². The molecule has 5 heterocycles. The number of hydrogen-bond acceptors (Lipinski definition) is 3. The topological polar surface area (TPSA) is 49.7 Å². The Morgan fingerprint density at radius 1 is 1.22 bits per heavy atom. The number of H-pyrrole nitrogens is 1. The number of fused-ring (bicyclic) bond motifs is 3. The maximum atomic E-state index is 4.92. The van der Waals surface area contributed by atoms with E-state index in [1.54, 1.807) is 0 Å². The van der Waals surface area contributed by atoms with Crippen molar-refractivity contribution in [2.45, 2.75) is 37.6 Å². The van der Waals surface area contributed by atoms with E-state index in [1.165, 1.54) is 37.9 Å². The van der Waals surface area contributed by atoms with Gasteiger partial charge in [0.25, 0.3) is 0 Å². The molecule has 136 valence electrons. The number of likely N-dealkylation sites (N-methyl/N-ethyl adjacent to an activating group) is 1. The SMILES string of the molecule is CN1CCC2(CCn3nc(-c4cnc5[nH]cc(C#CC6CC6)c5c4)cc32)C1. The average Bonchev–Trinajstić information content (AvgIpc) is 3.01. The Morgan fingerprint density at radius 2 is 2.11 bits per heavy atom. The van der Waals surface area contributed by atoms with Gasteiger partial charge in [0.1, 0.15) is 5.65 Å². The quantitative estimate of drug-likeness (QED) is 0.681. The van der Waals surface area contributed by atoms with Crippen LogP contribution < -0.4 is 0 Å². The summed E-state index contributed by atoms with van der Waals surface area (Å²) in [5.41, 5.74) is 5.78. The monoisotopic (exact) mass is 357 g/mol. The fourth-order valence-corrected chi connectivity index (χ4v) is 4.75. The highest BCUT2D eigenvalue weighted by molar-refractivity contribution is 5.86. The molecule has 1 saturated heterocycles. The molecule has 1 saturated carbocycles. The number of nitrogens with one attached hydrogen (secondary N) is 1. The molecule has 3 aromatic heterocycles. The highest BCUT2D eigenvalue weighted by Gasteiger charge is 2.44. The van der Waals surface area contributed by atoms with Crippen LogP contribution in [0.15, 0.2) is 24.5 Å². The molecule has 5 heteroatoms. The number of pyridine rings is 1. The summed E-state index contributed by atoms with van der Waals surface area (Å²) < 4.78 is 2.23. The van der Waals surface area contributed by atoms with Crippen LogP contribution >= 0.6 is 0 Å². The fourth-order valence-electron chi connectivity index (χ4n) is 4.75. The van der Waals surface area contributed by atoms with Gasteiger partial charge in [0.2, 0.25) is 0 Å². The van der Waals surface area contributed by atoms with Crippen LogP contribution in [0.4, 0.5) is 0 Å². The van der Waals surface area contributed by atoms with Gasteiger partial charge in [-0.05, 0) is 51.4 Å². The predicted octanol–water partition coefficient (Wildman–Crippen LogP) is 3.16. The number of likely N-dealkylation sites (tertiary alicyclic amines) is 1. The smallest absolute Gasteiger partial charge is 0.138 e. The highest BCUT2D eigenvalue weighted by atomic mass is 15.3. The van der Waals surface area contributed by atoms with Gasteiger partial charge in [-0.2, -0.15) is 5.10 Å². The third-order valence-electron chi connectivity index (χ3n) is 6.49. The van der Waals surface area contributed by atoms with Crippen molar-refractivity contribution in [1.82, 2.24) is 24.6 Å². The molecule has 2 fully saturated rings. The van der Waals surface area contributed by atoms with Gasteiger partial charge in [-0.1, -0.05) is 11.8 Å². The molecule has 27 heavy (non-hydrogen) atoms. The zero-order chi connectivity index (χ0) is 18.0. The van der Waals surface area contributed by atoms with E-state index >= 15 is 0 Å². The van der Waals surface area contributed by atoms with Crippen molar-refractivity contribution in [3.63, 3.8) is 0 Å². The van der Waals surface area contributed by atoms with Crippen LogP contribution in [0.25, 0.3) is 22.3 Å². The first-order chi connectivity index (χ1) is 13.2. The minimum absolute atomic E-state index is 0.298. The molecule has 0 aromatic carbocycles. The van der Waals surface area contributed by atoms with Crippen molar-refractivity contribution < 1.29 is 0 Å². The second kappa shape index (κ2) is 5.46. The Balaban J connectivity index is 1.40. The zero-order valence-corrected chi connectivity index (χ0v) is 15.6. The second-order valence-electron chi connectivity index (χ2n) is 8.52. The molecule has 2 aliphatic heterocycles. The Hall–Kier alpha value is -2.58. The van der Waals surface area contributed by atoms with Gasteiger partial charge in [-0.15, -0.1) is 0 Å². The van der Waals surface area contributed by atoms with Gasteiger partial charge in [-0.25, -0.2) is 4.98 Å². The van der Waals surface area contributed by atoms with E-state index in [4.69, 9.17) is 5.10 Å². The lowest BCUT2D eigenvalue weighted by Crippen LogP contribution is -2.26. The molecule has 5 nitrogen and oxygen atoms in total. The van der Waals surface area contributed by atoms with Crippen molar-refractivity contribution in [2.24, 2.45) is 5.92 Å². The highest BCUT2D eigenvalue weighted by Crippen LogP contribution is 2.43. The van der Waals surface area contributed by atoms with E-state index in [9.17, 15) is 0 Å². The number of nitrogens with zero attached hydrogens (tertiary/aromatic N) is 4. The molecule has 0 radical (unpaired) electrons. The van der Waals surface area contributed by atoms with Crippen LogP contribution in [0.5, 0.6) is 0 Å². The molecular formula is C22H23N5. The first-order valence-corrected chi connectivity index (χ1v) is 9.96. The normalized spacial score (nSPS) is 24.5. The summed E-state index contributed by atoms with van der Waals surface area (Å²) in [5, 5.41) is 6.02. The lowest BCUT2D eigenvalue weighted by atomic mass is 9.82. The largest absolute Gasteiger partial charge is 0.345 e. The van der Waals surface area contributed by atoms with Crippen LogP contribution in [-0.4, -0.2) is 44.8 Å². The summed E-state index contributed by atoms with van der Waals surface area (Å²) in [4.78, 5) is 10.3. The fraction of sp³-hybridized carbons (Fsp3) is 0.455. The van der Waals surface area contributed by atoms with E-state index in [-0.39, 0.29) is 0 Å².